The summed E-state index contributed by atoms with van der Waals surface area (Å²) in [6.07, 6.45) is -0.0429. The Morgan fingerprint density at radius 1 is 1.60 bits per heavy atom. The van der Waals surface area contributed by atoms with Gasteiger partial charge in [-0.25, -0.2) is 13.1 Å². The van der Waals surface area contributed by atoms with Gasteiger partial charge >= 0.3 is 0 Å². The molecule has 0 spiro atoms. The molecule has 8 heteroatoms. The van der Waals surface area contributed by atoms with Crippen LogP contribution in [0.1, 0.15) is 13.3 Å². The summed E-state index contributed by atoms with van der Waals surface area (Å²) in [4.78, 5) is -0.0662. The van der Waals surface area contributed by atoms with Crippen LogP contribution in [0.5, 0.6) is 0 Å². The van der Waals surface area contributed by atoms with Crippen molar-refractivity contribution < 1.29 is 18.3 Å². The van der Waals surface area contributed by atoms with Gasteiger partial charge in [0.2, 0.25) is 10.0 Å². The van der Waals surface area contributed by atoms with E-state index in [-0.39, 0.29) is 16.5 Å². The summed E-state index contributed by atoms with van der Waals surface area (Å²) < 4.78 is 32.0. The highest BCUT2D eigenvalue weighted by atomic mass is 35.5. The fraction of sp³-hybridized carbons (Fsp3) is 0.500. The van der Waals surface area contributed by atoms with Crippen molar-refractivity contribution in [2.45, 2.75) is 29.9 Å². The molecular formula is C12H17ClN2O4S. The van der Waals surface area contributed by atoms with Crippen molar-refractivity contribution in [3.63, 3.8) is 0 Å². The average Bonchev–Trinajstić information content (AvgIpc) is 2.68. The first-order valence-electron chi connectivity index (χ1n) is 6.13. The van der Waals surface area contributed by atoms with E-state index in [9.17, 15) is 13.5 Å². The SMILES string of the molecule is CC1OCCC1(O)CNS(=O)(=O)c1ccc(N)cc1Cl. The molecule has 0 bridgehead atoms. The monoisotopic (exact) mass is 320 g/mol. The van der Waals surface area contributed by atoms with Crippen molar-refractivity contribution in [3.8, 4) is 0 Å². The smallest absolute Gasteiger partial charge is 0.242 e. The number of hydrogen-bond donors (Lipinski definition) is 3. The molecule has 1 fully saturated rings. The number of anilines is 1. The second-order valence-corrected chi connectivity index (χ2v) is 7.02. The van der Waals surface area contributed by atoms with Crippen molar-refractivity contribution in [2.75, 3.05) is 18.9 Å². The van der Waals surface area contributed by atoms with E-state index in [4.69, 9.17) is 22.1 Å². The van der Waals surface area contributed by atoms with E-state index in [1.807, 2.05) is 0 Å². The molecule has 0 aliphatic carbocycles. The van der Waals surface area contributed by atoms with E-state index in [1.54, 1.807) is 6.92 Å². The first-order valence-corrected chi connectivity index (χ1v) is 7.99. The molecule has 112 valence electrons. The van der Waals surface area contributed by atoms with E-state index >= 15 is 0 Å². The fourth-order valence-electron chi connectivity index (χ4n) is 2.04. The molecule has 0 radical (unpaired) electrons. The van der Waals surface area contributed by atoms with Crippen LogP contribution in [0.25, 0.3) is 0 Å². The number of halogens is 1. The summed E-state index contributed by atoms with van der Waals surface area (Å²) in [5.41, 5.74) is 4.71. The van der Waals surface area contributed by atoms with Gasteiger partial charge in [0, 0.05) is 25.3 Å². The lowest BCUT2D eigenvalue weighted by Gasteiger charge is -2.26. The molecule has 1 aliphatic rings. The van der Waals surface area contributed by atoms with Gasteiger partial charge in [-0.15, -0.1) is 0 Å². The van der Waals surface area contributed by atoms with Crippen molar-refractivity contribution in [1.29, 1.82) is 0 Å². The summed E-state index contributed by atoms with van der Waals surface area (Å²) in [5.74, 6) is 0. The number of nitrogens with one attached hydrogen (secondary N) is 1. The van der Waals surface area contributed by atoms with Crippen LogP contribution in [0.15, 0.2) is 23.1 Å². The summed E-state index contributed by atoms with van der Waals surface area (Å²) in [7, 11) is -3.81. The Labute approximate surface area is 122 Å². The molecule has 4 N–H and O–H groups in total. The highest BCUT2D eigenvalue weighted by molar-refractivity contribution is 7.89. The molecule has 0 aromatic heterocycles. The van der Waals surface area contributed by atoms with Crippen LogP contribution in [-0.4, -0.2) is 38.4 Å². The molecule has 0 saturated carbocycles. The molecule has 1 saturated heterocycles. The van der Waals surface area contributed by atoms with Crippen molar-refractivity contribution in [2.24, 2.45) is 0 Å². The standard InChI is InChI=1S/C12H17ClN2O4S/c1-8-12(16,4-5-19-8)7-15-20(17,18)11-3-2-9(14)6-10(11)13/h2-3,6,8,15-16H,4-5,7,14H2,1H3. The van der Waals surface area contributed by atoms with Crippen LogP contribution in [0.3, 0.4) is 0 Å². The molecule has 0 amide bonds. The predicted octanol–water partition coefficient (Wildman–Crippen LogP) is 0.740. The highest BCUT2D eigenvalue weighted by Gasteiger charge is 2.40. The predicted molar refractivity (Wildman–Crippen MR) is 76.0 cm³/mol. The van der Waals surface area contributed by atoms with E-state index in [2.05, 4.69) is 4.72 Å². The van der Waals surface area contributed by atoms with Crippen LogP contribution >= 0.6 is 11.6 Å². The molecule has 20 heavy (non-hydrogen) atoms. The Bertz CT molecular complexity index is 607. The van der Waals surface area contributed by atoms with E-state index < -0.39 is 21.7 Å². The molecule has 6 nitrogen and oxygen atoms in total. The molecule has 2 rings (SSSR count). The topological polar surface area (TPSA) is 102 Å². The normalized spacial score (nSPS) is 26.9. The largest absolute Gasteiger partial charge is 0.399 e. The minimum absolute atomic E-state index is 0.0419. The zero-order valence-corrected chi connectivity index (χ0v) is 12.5. The Kier molecular flexibility index (Phi) is 4.27. The first-order chi connectivity index (χ1) is 9.24. The van der Waals surface area contributed by atoms with Crippen LogP contribution in [-0.2, 0) is 14.8 Å². The Balaban J connectivity index is 2.15. The van der Waals surface area contributed by atoms with E-state index in [1.165, 1.54) is 18.2 Å². The molecule has 2 atom stereocenters. The van der Waals surface area contributed by atoms with Gasteiger partial charge in [-0.2, -0.15) is 0 Å². The van der Waals surface area contributed by atoms with Crippen molar-refractivity contribution >= 4 is 27.3 Å². The minimum Gasteiger partial charge on any atom is -0.399 e. The Morgan fingerprint density at radius 2 is 2.30 bits per heavy atom. The van der Waals surface area contributed by atoms with Crippen molar-refractivity contribution in [1.82, 2.24) is 4.72 Å². The maximum absolute atomic E-state index is 12.2. The number of ether oxygens (including phenoxy) is 1. The number of nitrogens with two attached hydrogens (primary N) is 1. The zero-order valence-electron chi connectivity index (χ0n) is 11.0. The molecule has 1 heterocycles. The number of benzene rings is 1. The lowest BCUT2D eigenvalue weighted by Crippen LogP contribution is -2.47. The maximum atomic E-state index is 12.2. The van der Waals surface area contributed by atoms with Gasteiger partial charge in [-0.05, 0) is 25.1 Å². The van der Waals surface area contributed by atoms with Crippen LogP contribution in [0.4, 0.5) is 5.69 Å². The molecule has 2 unspecified atom stereocenters. The lowest BCUT2D eigenvalue weighted by atomic mass is 9.97. The number of hydrogen-bond acceptors (Lipinski definition) is 5. The minimum atomic E-state index is -3.81. The van der Waals surface area contributed by atoms with Gasteiger partial charge in [0.15, 0.2) is 0 Å². The zero-order chi connectivity index (χ0) is 15.0. The number of rotatable bonds is 4. The Morgan fingerprint density at radius 3 is 2.85 bits per heavy atom. The van der Waals surface area contributed by atoms with Gasteiger partial charge < -0.3 is 15.6 Å². The number of nitrogen functional groups attached to an aromatic ring is 1. The second kappa shape index (κ2) is 5.50. The third kappa shape index (κ3) is 3.07. The molecule has 1 aromatic rings. The summed E-state index contributed by atoms with van der Waals surface area (Å²) >= 11 is 5.89. The van der Waals surface area contributed by atoms with Crippen molar-refractivity contribution in [3.05, 3.63) is 23.2 Å². The van der Waals surface area contributed by atoms with E-state index in [0.717, 1.165) is 0 Å². The summed E-state index contributed by atoms with van der Waals surface area (Å²) in [6.45, 7) is 1.98. The maximum Gasteiger partial charge on any atom is 0.242 e. The quantitative estimate of drug-likeness (QED) is 0.710. The fourth-order valence-corrected chi connectivity index (χ4v) is 3.69. The van der Waals surface area contributed by atoms with Crippen LogP contribution in [0, 0.1) is 0 Å². The van der Waals surface area contributed by atoms with Crippen LogP contribution < -0.4 is 10.5 Å². The molecule has 1 aliphatic heterocycles. The number of sulfonamides is 1. The van der Waals surface area contributed by atoms with Gasteiger partial charge in [0.05, 0.1) is 11.1 Å². The third-order valence-corrected chi connectivity index (χ3v) is 5.36. The summed E-state index contributed by atoms with van der Waals surface area (Å²) in [5, 5.41) is 10.3. The van der Waals surface area contributed by atoms with Crippen LogP contribution in [0.2, 0.25) is 5.02 Å². The molecule has 1 aromatic carbocycles. The molecular weight excluding hydrogens is 304 g/mol. The average molecular weight is 321 g/mol. The van der Waals surface area contributed by atoms with Gasteiger partial charge in [0.25, 0.3) is 0 Å². The number of aliphatic hydroxyl groups is 1. The summed E-state index contributed by atoms with van der Waals surface area (Å²) in [6, 6.07) is 4.15. The Hall–Kier alpha value is -0.860. The second-order valence-electron chi connectivity index (χ2n) is 4.88. The third-order valence-electron chi connectivity index (χ3n) is 3.47. The van der Waals surface area contributed by atoms with Gasteiger partial charge in [-0.3, -0.25) is 0 Å². The van der Waals surface area contributed by atoms with Gasteiger partial charge in [-0.1, -0.05) is 11.6 Å². The van der Waals surface area contributed by atoms with Gasteiger partial charge in [0.1, 0.15) is 10.5 Å². The highest BCUT2D eigenvalue weighted by Crippen LogP contribution is 2.27. The first kappa shape index (κ1) is 15.5. The lowest BCUT2D eigenvalue weighted by molar-refractivity contribution is -0.0228. The van der Waals surface area contributed by atoms with E-state index in [0.29, 0.717) is 18.7 Å².